The minimum atomic E-state index is -1.02. The largest absolute Gasteiger partial charge is 0.468 e. The number of nitrogens with zero attached hydrogens (tertiary/aromatic N) is 3. The van der Waals surface area contributed by atoms with E-state index in [-0.39, 0.29) is 12.5 Å². The second-order valence-corrected chi connectivity index (χ2v) is 12.7. The summed E-state index contributed by atoms with van der Waals surface area (Å²) in [6, 6.07) is 34.6. The van der Waals surface area contributed by atoms with Crippen LogP contribution < -0.4 is 10.8 Å². The topological polar surface area (TPSA) is 107 Å². The summed E-state index contributed by atoms with van der Waals surface area (Å²) in [4.78, 5) is 31.3. The predicted octanol–water partition coefficient (Wildman–Crippen LogP) is 7.12. The van der Waals surface area contributed by atoms with Crippen molar-refractivity contribution >= 4 is 11.9 Å². The van der Waals surface area contributed by atoms with E-state index in [1.54, 1.807) is 36.9 Å². The molecule has 0 aliphatic heterocycles. The highest BCUT2D eigenvalue weighted by molar-refractivity contribution is 5.79. The molecule has 0 radical (unpaired) electrons. The standard InChI is InChI=1S/C40H44FN5O4/c1-39(2,38(48)49-3)42-28-31-25-24-30(27-35(31)41)36-29-46(45-43-36)26-16-5-4-15-23-37(47)44-50-40(32-17-9-6-10-18-32,33-19-11-7-12-20-33)34-21-13-8-14-22-34/h6-14,17-22,24-25,27,29,42H,4-5,15-16,23,26,28H2,1-3H3,(H,44,47). The van der Waals surface area contributed by atoms with Crippen molar-refractivity contribution in [2.45, 2.75) is 70.2 Å². The van der Waals surface area contributed by atoms with Crippen molar-refractivity contribution in [2.75, 3.05) is 7.11 Å². The van der Waals surface area contributed by atoms with Gasteiger partial charge in [0, 0.05) is 30.6 Å². The van der Waals surface area contributed by atoms with Crippen molar-refractivity contribution in [3.63, 3.8) is 0 Å². The molecular weight excluding hydrogens is 633 g/mol. The Labute approximate surface area is 292 Å². The highest BCUT2D eigenvalue weighted by Gasteiger charge is 2.39. The summed E-state index contributed by atoms with van der Waals surface area (Å²) >= 11 is 0. The first-order chi connectivity index (χ1) is 24.2. The minimum absolute atomic E-state index is 0.172. The quantitative estimate of drug-likeness (QED) is 0.0467. The lowest BCUT2D eigenvalue weighted by Gasteiger charge is -2.35. The van der Waals surface area contributed by atoms with Gasteiger partial charge < -0.3 is 4.74 Å². The van der Waals surface area contributed by atoms with E-state index in [4.69, 9.17) is 9.57 Å². The number of hydrogen-bond donors (Lipinski definition) is 2. The number of carbonyl (C=O) groups is 2. The van der Waals surface area contributed by atoms with Gasteiger partial charge >= 0.3 is 5.97 Å². The van der Waals surface area contributed by atoms with Gasteiger partial charge in [-0.25, -0.2) is 9.87 Å². The summed E-state index contributed by atoms with van der Waals surface area (Å²) < 4.78 is 21.4. The average Bonchev–Trinajstić information content (AvgIpc) is 3.63. The zero-order valence-corrected chi connectivity index (χ0v) is 28.8. The van der Waals surface area contributed by atoms with E-state index in [0.717, 1.165) is 36.0 Å². The van der Waals surface area contributed by atoms with Gasteiger partial charge in [-0.15, -0.1) is 5.10 Å². The first kappa shape index (κ1) is 36.1. The third-order valence-electron chi connectivity index (χ3n) is 8.70. The molecule has 50 heavy (non-hydrogen) atoms. The summed E-state index contributed by atoms with van der Waals surface area (Å²) in [5.74, 6) is -1.00. The van der Waals surface area contributed by atoms with Crippen LogP contribution in [0.3, 0.4) is 0 Å². The molecule has 10 heteroatoms. The van der Waals surface area contributed by atoms with Gasteiger partial charge in [0.1, 0.15) is 17.1 Å². The average molecular weight is 678 g/mol. The minimum Gasteiger partial charge on any atom is -0.468 e. The molecule has 2 N–H and O–H groups in total. The fraction of sp³-hybridized carbons (Fsp3) is 0.300. The fourth-order valence-corrected chi connectivity index (χ4v) is 5.83. The number of carbonyl (C=O) groups excluding carboxylic acids is 2. The number of amides is 1. The molecule has 0 bridgehead atoms. The van der Waals surface area contributed by atoms with E-state index >= 15 is 0 Å². The number of benzene rings is 4. The smallest absolute Gasteiger partial charge is 0.325 e. The van der Waals surface area contributed by atoms with Gasteiger partial charge in [-0.1, -0.05) is 121 Å². The molecule has 4 aromatic carbocycles. The molecule has 0 saturated heterocycles. The molecule has 0 spiro atoms. The second kappa shape index (κ2) is 17.0. The molecular formula is C40H44FN5O4. The zero-order valence-electron chi connectivity index (χ0n) is 28.8. The van der Waals surface area contributed by atoms with E-state index in [0.29, 0.717) is 36.2 Å². The number of hydrogen-bond acceptors (Lipinski definition) is 7. The maximum Gasteiger partial charge on any atom is 0.325 e. The lowest BCUT2D eigenvalue weighted by Crippen LogP contribution is -2.47. The lowest BCUT2D eigenvalue weighted by molar-refractivity contribution is -0.147. The molecule has 0 atom stereocenters. The third kappa shape index (κ3) is 8.88. The van der Waals surface area contributed by atoms with E-state index in [9.17, 15) is 14.0 Å². The van der Waals surface area contributed by atoms with Gasteiger partial charge in [-0.2, -0.15) is 0 Å². The fourth-order valence-electron chi connectivity index (χ4n) is 5.83. The molecule has 0 saturated carbocycles. The van der Waals surface area contributed by atoms with Gasteiger partial charge in [0.25, 0.3) is 0 Å². The van der Waals surface area contributed by atoms with Crippen LogP contribution in [0.1, 0.15) is 68.2 Å². The Hall–Kier alpha value is -5.19. The maximum atomic E-state index is 14.9. The number of nitrogens with one attached hydrogen (secondary N) is 2. The third-order valence-corrected chi connectivity index (χ3v) is 8.70. The summed E-state index contributed by atoms with van der Waals surface area (Å²) in [6.07, 6.45) is 5.47. The number of unbranched alkanes of at least 4 members (excludes halogenated alkanes) is 3. The van der Waals surface area contributed by atoms with Crippen LogP contribution in [-0.4, -0.2) is 39.5 Å². The molecule has 5 rings (SSSR count). The zero-order chi connectivity index (χ0) is 35.4. The summed E-state index contributed by atoms with van der Waals surface area (Å²) in [7, 11) is 1.32. The van der Waals surface area contributed by atoms with Crippen molar-refractivity contribution in [3.05, 3.63) is 143 Å². The van der Waals surface area contributed by atoms with E-state index in [2.05, 4.69) is 21.1 Å². The first-order valence-corrected chi connectivity index (χ1v) is 16.9. The number of aryl methyl sites for hydroxylation is 1. The van der Waals surface area contributed by atoms with Crippen LogP contribution in [0.5, 0.6) is 0 Å². The Morgan fingerprint density at radius 2 is 1.38 bits per heavy atom. The number of aromatic nitrogens is 3. The number of methoxy groups -OCH3 is 1. The van der Waals surface area contributed by atoms with Crippen LogP contribution >= 0.6 is 0 Å². The molecule has 0 unspecified atom stereocenters. The Bertz CT molecular complexity index is 1730. The summed E-state index contributed by atoms with van der Waals surface area (Å²) in [5.41, 5.74) is 5.16. The molecule has 260 valence electrons. The van der Waals surface area contributed by atoms with E-state index in [1.165, 1.54) is 13.2 Å². The molecule has 5 aromatic rings. The summed E-state index contributed by atoms with van der Waals surface area (Å²) in [6.45, 7) is 4.20. The van der Waals surface area contributed by atoms with Gasteiger partial charge in [-0.3, -0.25) is 24.4 Å². The number of rotatable bonds is 17. The van der Waals surface area contributed by atoms with E-state index < -0.39 is 22.9 Å². The van der Waals surface area contributed by atoms with Gasteiger partial charge in [0.15, 0.2) is 5.60 Å². The molecule has 0 fully saturated rings. The van der Waals surface area contributed by atoms with Crippen molar-refractivity contribution in [1.82, 2.24) is 25.8 Å². The molecule has 0 aliphatic rings. The Morgan fingerprint density at radius 1 is 0.800 bits per heavy atom. The van der Waals surface area contributed by atoms with Crippen molar-refractivity contribution < 1.29 is 23.6 Å². The van der Waals surface area contributed by atoms with Crippen LogP contribution in [0.2, 0.25) is 0 Å². The van der Waals surface area contributed by atoms with Gasteiger partial charge in [0.2, 0.25) is 5.91 Å². The van der Waals surface area contributed by atoms with Crippen molar-refractivity contribution in [3.8, 4) is 11.3 Å². The molecule has 1 heterocycles. The van der Waals surface area contributed by atoms with Crippen LogP contribution in [0, 0.1) is 5.82 Å². The highest BCUT2D eigenvalue weighted by atomic mass is 19.1. The Kier molecular flexibility index (Phi) is 12.2. The maximum absolute atomic E-state index is 14.9. The summed E-state index contributed by atoms with van der Waals surface area (Å²) in [5, 5.41) is 11.5. The molecule has 0 aliphatic carbocycles. The SMILES string of the molecule is COC(=O)C(C)(C)NCc1ccc(-c2cn(CCCCCCC(=O)NOC(c3ccccc3)(c3ccccc3)c3ccccc3)nn2)cc1F. The van der Waals surface area contributed by atoms with Gasteiger partial charge in [0.05, 0.1) is 13.3 Å². The predicted molar refractivity (Wildman–Crippen MR) is 190 cm³/mol. The number of halogens is 1. The lowest BCUT2D eigenvalue weighted by atomic mass is 9.80. The van der Waals surface area contributed by atoms with Crippen LogP contribution in [-0.2, 0) is 37.9 Å². The number of hydroxylamine groups is 1. The number of ether oxygens (including phenoxy) is 1. The van der Waals surface area contributed by atoms with E-state index in [1.807, 2.05) is 91.0 Å². The monoisotopic (exact) mass is 677 g/mol. The van der Waals surface area contributed by atoms with Crippen LogP contribution in [0.4, 0.5) is 4.39 Å². The van der Waals surface area contributed by atoms with Crippen molar-refractivity contribution in [2.24, 2.45) is 0 Å². The molecule has 9 nitrogen and oxygen atoms in total. The number of esters is 1. The molecule has 1 amide bonds. The highest BCUT2D eigenvalue weighted by Crippen LogP contribution is 2.39. The Balaban J connectivity index is 1.09. The van der Waals surface area contributed by atoms with Gasteiger partial charge in [-0.05, 0) is 49.4 Å². The van der Waals surface area contributed by atoms with Crippen molar-refractivity contribution in [1.29, 1.82) is 0 Å². The normalized spacial score (nSPS) is 11.7. The molecule has 1 aromatic heterocycles. The van der Waals surface area contributed by atoms with Crippen LogP contribution in [0.25, 0.3) is 11.3 Å². The first-order valence-electron chi connectivity index (χ1n) is 16.9. The Morgan fingerprint density at radius 3 is 1.94 bits per heavy atom. The second-order valence-electron chi connectivity index (χ2n) is 12.7. The van der Waals surface area contributed by atoms with Crippen LogP contribution in [0.15, 0.2) is 115 Å².